The summed E-state index contributed by atoms with van der Waals surface area (Å²) in [5.74, 6) is -0.768. The average Bonchev–Trinajstić information content (AvgIpc) is 2.50. The van der Waals surface area contributed by atoms with E-state index in [9.17, 15) is 4.79 Å². The second kappa shape index (κ2) is 17.3. The molecule has 0 aliphatic carbocycles. The van der Waals surface area contributed by atoms with Crippen LogP contribution in [0, 0.1) is 0 Å². The summed E-state index contributed by atoms with van der Waals surface area (Å²) in [7, 11) is 0. The second-order valence-corrected chi connectivity index (χ2v) is 5.32. The topological polar surface area (TPSA) is 37.3 Å². The smallest absolute Gasteiger partial charge is 0.303 e. The van der Waals surface area contributed by atoms with Crippen LogP contribution in [0.15, 0.2) is 47.9 Å². The number of rotatable bonds is 13. The predicted molar refractivity (Wildman–Crippen MR) is 93.9 cm³/mol. The van der Waals surface area contributed by atoms with Gasteiger partial charge in [-0.3, -0.25) is 4.79 Å². The van der Waals surface area contributed by atoms with E-state index in [0.717, 1.165) is 6.42 Å². The van der Waals surface area contributed by atoms with Crippen LogP contribution >= 0.6 is 0 Å². The van der Waals surface area contributed by atoms with Crippen LogP contribution in [0.25, 0.3) is 0 Å². The summed E-state index contributed by atoms with van der Waals surface area (Å²) < 4.78 is 0. The van der Waals surface area contributed by atoms with Crippen LogP contribution in [0.1, 0.15) is 71.1 Å². The fraction of sp³-hybridized carbons (Fsp3) is 0.550. The van der Waals surface area contributed by atoms with E-state index >= 15 is 0 Å². The van der Waals surface area contributed by atoms with Crippen LogP contribution in [0.3, 0.4) is 0 Å². The number of hydrogen-bond donors (Lipinski definition) is 1. The number of carboxylic acid groups (broad SMARTS) is 1. The molecular weight excluding hydrogens is 272 g/mol. The summed E-state index contributed by atoms with van der Waals surface area (Å²) >= 11 is 0. The minimum Gasteiger partial charge on any atom is -0.481 e. The number of aliphatic carboxylic acids is 1. The van der Waals surface area contributed by atoms with Gasteiger partial charge in [-0.05, 0) is 31.4 Å². The van der Waals surface area contributed by atoms with Gasteiger partial charge in [0, 0.05) is 6.42 Å². The maximum absolute atomic E-state index is 10.3. The first-order chi connectivity index (χ1) is 10.8. The summed E-state index contributed by atoms with van der Waals surface area (Å²) in [5.41, 5.74) is 5.81. The molecule has 0 rings (SSSR count). The van der Waals surface area contributed by atoms with Crippen molar-refractivity contribution in [1.29, 1.82) is 0 Å². The number of carboxylic acids is 1. The first-order valence-corrected chi connectivity index (χ1v) is 8.47. The van der Waals surface area contributed by atoms with E-state index in [1.807, 2.05) is 18.2 Å². The van der Waals surface area contributed by atoms with E-state index in [4.69, 9.17) is 5.11 Å². The summed E-state index contributed by atoms with van der Waals surface area (Å²) in [6.07, 6.45) is 22.6. The number of allylic oxidation sites excluding steroid dienone is 6. The van der Waals surface area contributed by atoms with E-state index in [1.54, 1.807) is 12.2 Å². The highest BCUT2D eigenvalue weighted by molar-refractivity contribution is 5.66. The van der Waals surface area contributed by atoms with Gasteiger partial charge in [0.15, 0.2) is 0 Å². The molecule has 122 valence electrons. The van der Waals surface area contributed by atoms with Crippen LogP contribution in [0.5, 0.6) is 0 Å². The molecule has 0 spiro atoms. The van der Waals surface area contributed by atoms with Crippen LogP contribution in [-0.2, 0) is 4.79 Å². The van der Waals surface area contributed by atoms with Gasteiger partial charge in [-0.15, -0.1) is 0 Å². The molecule has 0 aromatic carbocycles. The Morgan fingerprint density at radius 2 is 1.41 bits per heavy atom. The lowest BCUT2D eigenvalue weighted by molar-refractivity contribution is -0.136. The Morgan fingerprint density at radius 1 is 0.864 bits per heavy atom. The molecule has 0 amide bonds. The van der Waals surface area contributed by atoms with Crippen molar-refractivity contribution in [3.8, 4) is 0 Å². The maximum Gasteiger partial charge on any atom is 0.303 e. The van der Waals surface area contributed by atoms with Crippen LogP contribution in [0.2, 0.25) is 0 Å². The SMILES string of the molecule is CCCCCCCCC/C=C/C=C=C=C/C=C/CCC(=O)O. The van der Waals surface area contributed by atoms with Crippen molar-refractivity contribution in [3.63, 3.8) is 0 Å². The van der Waals surface area contributed by atoms with E-state index in [-0.39, 0.29) is 6.42 Å². The molecule has 0 fully saturated rings. The molecule has 0 heterocycles. The van der Waals surface area contributed by atoms with E-state index in [1.165, 1.54) is 44.9 Å². The molecular formula is C20H30O2. The summed E-state index contributed by atoms with van der Waals surface area (Å²) in [4.78, 5) is 10.3. The molecule has 0 aromatic rings. The standard InChI is InChI=1S/C20H30O2/c1-2-3-4-5-6-7-8-9-10-11-12-13-14-15-16-17-18-19-20(21)22/h10-12,15-17H,2-9,18-19H2,1H3,(H,21,22)/b11-10+,15-12?,17-16+. The average molecular weight is 302 g/mol. The number of hydrogen-bond acceptors (Lipinski definition) is 1. The molecule has 0 bridgehead atoms. The summed E-state index contributed by atoms with van der Waals surface area (Å²) in [6.45, 7) is 2.25. The highest BCUT2D eigenvalue weighted by atomic mass is 16.4. The Hall–Kier alpha value is -1.75. The zero-order valence-electron chi connectivity index (χ0n) is 13.9. The van der Waals surface area contributed by atoms with Crippen molar-refractivity contribution in [2.45, 2.75) is 71.1 Å². The van der Waals surface area contributed by atoms with Gasteiger partial charge in [-0.1, -0.05) is 81.2 Å². The quantitative estimate of drug-likeness (QED) is 0.258. The van der Waals surface area contributed by atoms with Gasteiger partial charge in [0.2, 0.25) is 0 Å². The lowest BCUT2D eigenvalue weighted by Gasteiger charge is -1.98. The van der Waals surface area contributed by atoms with E-state index in [0.29, 0.717) is 6.42 Å². The van der Waals surface area contributed by atoms with Crippen molar-refractivity contribution in [3.05, 3.63) is 47.9 Å². The maximum atomic E-state index is 10.3. The van der Waals surface area contributed by atoms with Crippen LogP contribution < -0.4 is 0 Å². The summed E-state index contributed by atoms with van der Waals surface area (Å²) in [5, 5.41) is 8.45. The van der Waals surface area contributed by atoms with Gasteiger partial charge >= 0.3 is 5.97 Å². The van der Waals surface area contributed by atoms with Gasteiger partial charge in [0.25, 0.3) is 0 Å². The molecule has 0 saturated carbocycles. The largest absolute Gasteiger partial charge is 0.481 e. The Kier molecular flexibility index (Phi) is 15.9. The molecule has 0 saturated heterocycles. The van der Waals surface area contributed by atoms with Gasteiger partial charge in [0.1, 0.15) is 0 Å². The van der Waals surface area contributed by atoms with Crippen molar-refractivity contribution in [1.82, 2.24) is 0 Å². The molecule has 2 nitrogen and oxygen atoms in total. The zero-order valence-corrected chi connectivity index (χ0v) is 13.9. The lowest BCUT2D eigenvalue weighted by atomic mass is 10.1. The fourth-order valence-electron chi connectivity index (χ4n) is 1.95. The Morgan fingerprint density at radius 3 is 2.00 bits per heavy atom. The van der Waals surface area contributed by atoms with E-state index in [2.05, 4.69) is 24.5 Å². The van der Waals surface area contributed by atoms with Gasteiger partial charge in [-0.2, -0.15) is 0 Å². The molecule has 0 atom stereocenters. The molecule has 0 aliphatic heterocycles. The first kappa shape index (κ1) is 20.2. The summed E-state index contributed by atoms with van der Waals surface area (Å²) in [6, 6.07) is 0. The molecule has 22 heavy (non-hydrogen) atoms. The van der Waals surface area contributed by atoms with E-state index < -0.39 is 5.97 Å². The van der Waals surface area contributed by atoms with Crippen LogP contribution in [-0.4, -0.2) is 11.1 Å². The first-order valence-electron chi connectivity index (χ1n) is 8.47. The minimum absolute atomic E-state index is 0.172. The zero-order chi connectivity index (χ0) is 16.3. The van der Waals surface area contributed by atoms with Crippen molar-refractivity contribution < 1.29 is 9.90 Å². The highest BCUT2D eigenvalue weighted by Gasteiger charge is 1.90. The third-order valence-corrected chi connectivity index (χ3v) is 3.21. The third-order valence-electron chi connectivity index (χ3n) is 3.21. The predicted octanol–water partition coefficient (Wildman–Crippen LogP) is 5.97. The second-order valence-electron chi connectivity index (χ2n) is 5.32. The Balaban J connectivity index is 3.57. The Bertz CT molecular complexity index is 417. The van der Waals surface area contributed by atoms with Crippen molar-refractivity contribution >= 4 is 5.97 Å². The van der Waals surface area contributed by atoms with Gasteiger partial charge in [0.05, 0.1) is 0 Å². The monoisotopic (exact) mass is 302 g/mol. The molecule has 0 unspecified atom stereocenters. The van der Waals surface area contributed by atoms with Gasteiger partial charge in [-0.25, -0.2) is 0 Å². The normalized spacial score (nSPS) is 10.6. The highest BCUT2D eigenvalue weighted by Crippen LogP contribution is 2.08. The molecule has 2 heteroatoms. The molecule has 0 aromatic heterocycles. The van der Waals surface area contributed by atoms with Gasteiger partial charge < -0.3 is 5.11 Å². The van der Waals surface area contributed by atoms with Crippen molar-refractivity contribution in [2.24, 2.45) is 0 Å². The number of carbonyl (C=O) groups is 1. The third kappa shape index (κ3) is 18.2. The van der Waals surface area contributed by atoms with Crippen LogP contribution in [0.4, 0.5) is 0 Å². The molecule has 0 aliphatic rings. The molecule has 0 radical (unpaired) electrons. The minimum atomic E-state index is -0.768. The van der Waals surface area contributed by atoms with Crippen molar-refractivity contribution in [2.75, 3.05) is 0 Å². The lowest BCUT2D eigenvalue weighted by Crippen LogP contribution is -1.91. The Labute approximate surface area is 135 Å². The molecule has 1 N–H and O–H groups in total. The fourth-order valence-corrected chi connectivity index (χ4v) is 1.95. The number of unbranched alkanes of at least 4 members (excludes halogenated alkanes) is 7.